The highest BCUT2D eigenvalue weighted by Gasteiger charge is 2.11. The molecule has 0 atom stereocenters. The van der Waals surface area contributed by atoms with Gasteiger partial charge in [0.25, 0.3) is 0 Å². The third-order valence-electron chi connectivity index (χ3n) is 2.69. The normalized spacial score (nSPS) is 13.2. The number of rotatable bonds is 0. The number of benzene rings is 2. The van der Waals surface area contributed by atoms with Crippen LogP contribution < -0.4 is 9.47 Å². The number of para-hydroxylation sites is 2. The van der Waals surface area contributed by atoms with Crippen LogP contribution in [0.1, 0.15) is 0 Å². The van der Waals surface area contributed by atoms with Crippen LogP contribution in [0.15, 0.2) is 60.9 Å². The first-order valence-corrected chi connectivity index (χ1v) is 5.58. The van der Waals surface area contributed by atoms with E-state index in [9.17, 15) is 0 Å². The van der Waals surface area contributed by atoms with Crippen molar-refractivity contribution in [2.75, 3.05) is 6.61 Å². The second kappa shape index (κ2) is 4.34. The Morgan fingerprint density at radius 1 is 0.765 bits per heavy atom. The molecule has 0 amide bonds. The summed E-state index contributed by atoms with van der Waals surface area (Å²) in [6.07, 6.45) is 3.53. The predicted molar refractivity (Wildman–Crippen MR) is 67.1 cm³/mol. The van der Waals surface area contributed by atoms with E-state index >= 15 is 0 Å². The molecule has 2 nitrogen and oxygen atoms in total. The zero-order chi connectivity index (χ0) is 11.5. The zero-order valence-electron chi connectivity index (χ0n) is 9.30. The summed E-state index contributed by atoms with van der Waals surface area (Å²) in [4.78, 5) is 0. The fourth-order valence-corrected chi connectivity index (χ4v) is 1.91. The van der Waals surface area contributed by atoms with Gasteiger partial charge in [-0.25, -0.2) is 0 Å². The van der Waals surface area contributed by atoms with Gasteiger partial charge in [0, 0.05) is 11.1 Å². The Kier molecular flexibility index (Phi) is 2.54. The zero-order valence-corrected chi connectivity index (χ0v) is 9.30. The molecule has 2 aromatic rings. The first-order chi connectivity index (χ1) is 8.45. The molecular formula is C15H12O2. The maximum Gasteiger partial charge on any atom is 0.134 e. The largest absolute Gasteiger partial charge is 0.489 e. The lowest BCUT2D eigenvalue weighted by Crippen LogP contribution is -1.94. The van der Waals surface area contributed by atoms with Crippen LogP contribution in [-0.4, -0.2) is 6.61 Å². The van der Waals surface area contributed by atoms with E-state index < -0.39 is 0 Å². The van der Waals surface area contributed by atoms with Gasteiger partial charge in [0.2, 0.25) is 0 Å². The quantitative estimate of drug-likeness (QED) is 0.680. The van der Waals surface area contributed by atoms with Crippen molar-refractivity contribution < 1.29 is 9.47 Å². The topological polar surface area (TPSA) is 18.5 Å². The van der Waals surface area contributed by atoms with Crippen molar-refractivity contribution in [2.45, 2.75) is 0 Å². The lowest BCUT2D eigenvalue weighted by Gasteiger charge is -2.11. The highest BCUT2D eigenvalue weighted by atomic mass is 16.5. The molecule has 2 heteroatoms. The van der Waals surface area contributed by atoms with Gasteiger partial charge in [-0.05, 0) is 18.2 Å². The molecule has 0 bridgehead atoms. The fourth-order valence-electron chi connectivity index (χ4n) is 1.91. The number of hydrogen-bond donors (Lipinski definition) is 0. The van der Waals surface area contributed by atoms with Gasteiger partial charge in [-0.3, -0.25) is 0 Å². The van der Waals surface area contributed by atoms with Gasteiger partial charge < -0.3 is 9.47 Å². The molecule has 0 aromatic heterocycles. The minimum atomic E-state index is 0.519. The summed E-state index contributed by atoms with van der Waals surface area (Å²) in [5, 5.41) is 0. The van der Waals surface area contributed by atoms with Gasteiger partial charge >= 0.3 is 0 Å². The molecule has 0 saturated heterocycles. The number of hydrogen-bond acceptors (Lipinski definition) is 2. The molecule has 1 aliphatic heterocycles. The SMILES string of the molecule is C1=COc2ccccc2-c2ccccc2OC1. The number of ether oxygens (including phenoxy) is 2. The van der Waals surface area contributed by atoms with E-state index in [1.54, 1.807) is 6.26 Å². The molecule has 0 spiro atoms. The molecular weight excluding hydrogens is 212 g/mol. The van der Waals surface area contributed by atoms with Crippen molar-refractivity contribution >= 4 is 0 Å². The minimum Gasteiger partial charge on any atom is -0.489 e. The molecule has 1 aliphatic rings. The second-order valence-corrected chi connectivity index (χ2v) is 3.79. The Bertz CT molecular complexity index is 558. The lowest BCUT2D eigenvalue weighted by molar-refractivity contribution is 0.361. The standard InChI is InChI=1S/C15H12O2/c1-3-8-14-12(6-1)13-7-2-4-9-15(13)17-11-5-10-16-14/h1-10H,11H2. The van der Waals surface area contributed by atoms with Crippen LogP contribution in [0.25, 0.3) is 11.1 Å². The van der Waals surface area contributed by atoms with Gasteiger partial charge in [-0.1, -0.05) is 36.4 Å². The Morgan fingerprint density at radius 3 is 2.24 bits per heavy atom. The molecule has 1 heterocycles. The van der Waals surface area contributed by atoms with Crippen LogP contribution in [0, 0.1) is 0 Å². The fraction of sp³-hybridized carbons (Fsp3) is 0.0667. The van der Waals surface area contributed by atoms with E-state index in [-0.39, 0.29) is 0 Å². The van der Waals surface area contributed by atoms with Crippen LogP contribution >= 0.6 is 0 Å². The minimum absolute atomic E-state index is 0.519. The van der Waals surface area contributed by atoms with Crippen LogP contribution in [0.4, 0.5) is 0 Å². The summed E-state index contributed by atoms with van der Waals surface area (Å²) in [5.74, 6) is 1.73. The highest BCUT2D eigenvalue weighted by Crippen LogP contribution is 2.36. The summed E-state index contributed by atoms with van der Waals surface area (Å²) < 4.78 is 11.3. The second-order valence-electron chi connectivity index (χ2n) is 3.79. The average Bonchev–Trinajstić information content (AvgIpc) is 2.47. The average molecular weight is 224 g/mol. The smallest absolute Gasteiger partial charge is 0.134 e. The molecule has 0 N–H and O–H groups in total. The number of fused-ring (bicyclic) bond motifs is 3. The van der Waals surface area contributed by atoms with E-state index in [2.05, 4.69) is 0 Å². The third kappa shape index (κ3) is 1.89. The highest BCUT2D eigenvalue weighted by molar-refractivity contribution is 5.75. The summed E-state index contributed by atoms with van der Waals surface area (Å²) in [6.45, 7) is 0.519. The molecule has 2 aromatic carbocycles. The molecule has 0 saturated carbocycles. The molecule has 17 heavy (non-hydrogen) atoms. The Morgan fingerprint density at radius 2 is 1.41 bits per heavy atom. The van der Waals surface area contributed by atoms with Gasteiger partial charge in [-0.15, -0.1) is 0 Å². The van der Waals surface area contributed by atoms with Crippen molar-refractivity contribution in [3.8, 4) is 22.6 Å². The van der Waals surface area contributed by atoms with E-state index in [1.165, 1.54) is 0 Å². The van der Waals surface area contributed by atoms with Gasteiger partial charge in [0.05, 0.1) is 6.26 Å². The third-order valence-corrected chi connectivity index (χ3v) is 2.69. The maximum absolute atomic E-state index is 5.70. The van der Waals surface area contributed by atoms with Gasteiger partial charge in [-0.2, -0.15) is 0 Å². The Balaban J connectivity index is 2.22. The molecule has 0 radical (unpaired) electrons. The van der Waals surface area contributed by atoms with Crippen LogP contribution in [0.2, 0.25) is 0 Å². The van der Waals surface area contributed by atoms with Crippen molar-refractivity contribution in [3.63, 3.8) is 0 Å². The monoisotopic (exact) mass is 224 g/mol. The van der Waals surface area contributed by atoms with E-state index in [4.69, 9.17) is 9.47 Å². The van der Waals surface area contributed by atoms with Crippen molar-refractivity contribution in [1.82, 2.24) is 0 Å². The Hall–Kier alpha value is -2.22. The molecule has 0 fully saturated rings. The first-order valence-electron chi connectivity index (χ1n) is 5.58. The Labute approximate surface area is 100 Å². The van der Waals surface area contributed by atoms with Crippen molar-refractivity contribution in [1.29, 1.82) is 0 Å². The maximum atomic E-state index is 5.70. The van der Waals surface area contributed by atoms with Crippen molar-refractivity contribution in [2.24, 2.45) is 0 Å². The summed E-state index contributed by atoms with van der Waals surface area (Å²) in [6, 6.07) is 16.0. The summed E-state index contributed by atoms with van der Waals surface area (Å²) in [5.41, 5.74) is 2.11. The van der Waals surface area contributed by atoms with E-state index in [0.29, 0.717) is 6.61 Å². The van der Waals surface area contributed by atoms with Crippen LogP contribution in [0.5, 0.6) is 11.5 Å². The van der Waals surface area contributed by atoms with E-state index in [1.807, 2.05) is 54.6 Å². The molecule has 0 aliphatic carbocycles. The summed E-state index contributed by atoms with van der Waals surface area (Å²) >= 11 is 0. The van der Waals surface area contributed by atoms with E-state index in [0.717, 1.165) is 22.6 Å². The molecule has 3 rings (SSSR count). The molecule has 84 valence electrons. The van der Waals surface area contributed by atoms with Gasteiger partial charge in [0.1, 0.15) is 18.1 Å². The van der Waals surface area contributed by atoms with Gasteiger partial charge in [0.15, 0.2) is 0 Å². The van der Waals surface area contributed by atoms with Crippen LogP contribution in [-0.2, 0) is 0 Å². The van der Waals surface area contributed by atoms with Crippen molar-refractivity contribution in [3.05, 3.63) is 60.9 Å². The molecule has 0 unspecified atom stereocenters. The predicted octanol–water partition coefficient (Wildman–Crippen LogP) is 3.64. The first kappa shape index (κ1) is 9.97. The van der Waals surface area contributed by atoms with Crippen LogP contribution in [0.3, 0.4) is 0 Å². The summed E-state index contributed by atoms with van der Waals surface area (Å²) in [7, 11) is 0. The lowest BCUT2D eigenvalue weighted by atomic mass is 10.0.